The quantitative estimate of drug-likeness (QED) is 0.298. The predicted octanol–water partition coefficient (Wildman–Crippen LogP) is 3.79. The highest BCUT2D eigenvalue weighted by Gasteiger charge is 2.06. The van der Waals surface area contributed by atoms with E-state index in [1.165, 1.54) is 0 Å². The summed E-state index contributed by atoms with van der Waals surface area (Å²) in [5.41, 5.74) is 7.05. The van der Waals surface area contributed by atoms with E-state index in [1.54, 1.807) is 31.4 Å². The number of halogens is 2. The van der Waals surface area contributed by atoms with Crippen molar-refractivity contribution in [3.8, 4) is 5.75 Å². The third kappa shape index (κ3) is 5.81. The summed E-state index contributed by atoms with van der Waals surface area (Å²) in [6.07, 6.45) is 0. The average Bonchev–Trinajstić information content (AvgIpc) is 2.58. The average molecular weight is 355 g/mol. The first-order chi connectivity index (χ1) is 11.0. The van der Waals surface area contributed by atoms with Gasteiger partial charge >= 0.3 is 6.47 Å². The molecule has 2 aromatic rings. The van der Waals surface area contributed by atoms with Gasteiger partial charge in [0.2, 0.25) is 0 Å². The van der Waals surface area contributed by atoms with Crippen molar-refractivity contribution in [2.75, 3.05) is 7.11 Å². The summed E-state index contributed by atoms with van der Waals surface area (Å²) in [5.74, 6) is 0.835. The summed E-state index contributed by atoms with van der Waals surface area (Å²) in [4.78, 5) is 13.9. The summed E-state index contributed by atoms with van der Waals surface area (Å²) in [6, 6.07) is 12.5. The molecule has 0 heterocycles. The maximum atomic E-state index is 9.76. The Labute approximate surface area is 144 Å². The van der Waals surface area contributed by atoms with E-state index in [9.17, 15) is 4.79 Å². The van der Waals surface area contributed by atoms with Gasteiger partial charge in [-0.15, -0.1) is 0 Å². The van der Waals surface area contributed by atoms with E-state index in [-0.39, 0.29) is 12.3 Å². The van der Waals surface area contributed by atoms with Crippen LogP contribution in [0, 0.1) is 6.92 Å². The lowest BCUT2D eigenvalue weighted by Crippen LogP contribution is -2.13. The SMILES string of the molecule is COc1c(Cl)ccc(Cl)c1C.N/C(=N\OC=O)c1ccccc1. The monoisotopic (exact) mass is 354 g/mol. The first kappa shape index (κ1) is 18.8. The molecule has 0 aliphatic heterocycles. The Morgan fingerprint density at radius 3 is 2.26 bits per heavy atom. The Balaban J connectivity index is 0.000000231. The van der Waals surface area contributed by atoms with Gasteiger partial charge in [0.05, 0.1) is 12.1 Å². The molecule has 2 aromatic carbocycles. The fraction of sp³-hybridized carbons (Fsp3) is 0.125. The highest BCUT2D eigenvalue weighted by atomic mass is 35.5. The minimum Gasteiger partial charge on any atom is -0.495 e. The Hall–Kier alpha value is -2.24. The molecule has 0 atom stereocenters. The molecule has 2 N–H and O–H groups in total. The maximum absolute atomic E-state index is 9.76. The number of hydrogen-bond donors (Lipinski definition) is 1. The zero-order valence-corrected chi connectivity index (χ0v) is 14.1. The van der Waals surface area contributed by atoms with Crippen LogP contribution in [0.3, 0.4) is 0 Å². The van der Waals surface area contributed by atoms with Gasteiger partial charge in [0.15, 0.2) is 5.84 Å². The first-order valence-corrected chi connectivity index (χ1v) is 7.23. The van der Waals surface area contributed by atoms with Crippen molar-refractivity contribution >= 4 is 35.5 Å². The summed E-state index contributed by atoms with van der Waals surface area (Å²) in [7, 11) is 1.57. The minimum atomic E-state index is 0.183. The van der Waals surface area contributed by atoms with Crippen LogP contribution in [0.15, 0.2) is 47.6 Å². The van der Waals surface area contributed by atoms with Gasteiger partial charge in [-0.25, -0.2) is 0 Å². The van der Waals surface area contributed by atoms with Crippen LogP contribution in [0.2, 0.25) is 10.0 Å². The first-order valence-electron chi connectivity index (χ1n) is 6.48. The lowest BCUT2D eigenvalue weighted by atomic mass is 10.2. The Morgan fingerprint density at radius 2 is 1.74 bits per heavy atom. The molecule has 5 nitrogen and oxygen atoms in total. The van der Waals surface area contributed by atoms with Crippen LogP contribution in [0.4, 0.5) is 0 Å². The summed E-state index contributed by atoms with van der Waals surface area (Å²) >= 11 is 11.6. The largest absolute Gasteiger partial charge is 0.495 e. The van der Waals surface area contributed by atoms with E-state index >= 15 is 0 Å². The highest BCUT2D eigenvalue weighted by molar-refractivity contribution is 6.34. The number of carbonyl (C=O) groups excluding carboxylic acids is 1. The number of methoxy groups -OCH3 is 1. The topological polar surface area (TPSA) is 73.9 Å². The lowest BCUT2D eigenvalue weighted by molar-refractivity contribution is -0.128. The zero-order valence-electron chi connectivity index (χ0n) is 12.6. The van der Waals surface area contributed by atoms with Crippen LogP contribution in [-0.4, -0.2) is 19.4 Å². The van der Waals surface area contributed by atoms with E-state index in [0.29, 0.717) is 15.8 Å². The Kier molecular flexibility index (Phi) is 7.94. The van der Waals surface area contributed by atoms with Gasteiger partial charge in [-0.2, -0.15) is 0 Å². The molecule has 23 heavy (non-hydrogen) atoms. The van der Waals surface area contributed by atoms with Crippen molar-refractivity contribution in [2.45, 2.75) is 6.92 Å². The van der Waals surface area contributed by atoms with E-state index in [0.717, 1.165) is 11.1 Å². The van der Waals surface area contributed by atoms with Crippen LogP contribution in [0.1, 0.15) is 11.1 Å². The molecule has 0 saturated carbocycles. The molecule has 0 fully saturated rings. The number of nitrogens with two attached hydrogens (primary N) is 1. The van der Waals surface area contributed by atoms with Gasteiger partial charge in [0.25, 0.3) is 0 Å². The molecule has 0 radical (unpaired) electrons. The van der Waals surface area contributed by atoms with Gasteiger partial charge in [-0.3, -0.25) is 4.79 Å². The fourth-order valence-electron chi connectivity index (χ4n) is 1.63. The van der Waals surface area contributed by atoms with Crippen LogP contribution in [-0.2, 0) is 9.63 Å². The molecule has 0 aliphatic carbocycles. The highest BCUT2D eigenvalue weighted by Crippen LogP contribution is 2.32. The second kappa shape index (κ2) is 9.71. The van der Waals surface area contributed by atoms with Gasteiger partial charge in [0.1, 0.15) is 5.75 Å². The number of oxime groups is 1. The van der Waals surface area contributed by atoms with E-state index in [4.69, 9.17) is 33.7 Å². The number of nitrogens with zero attached hydrogens (tertiary/aromatic N) is 1. The molecular formula is C16H16Cl2N2O3. The summed E-state index contributed by atoms with van der Waals surface area (Å²) in [5, 5.41) is 4.60. The number of ether oxygens (including phenoxy) is 1. The van der Waals surface area contributed by atoms with Crippen LogP contribution in [0.5, 0.6) is 5.75 Å². The number of rotatable bonds is 4. The molecular weight excluding hydrogens is 339 g/mol. The van der Waals surface area contributed by atoms with Crippen molar-refractivity contribution in [2.24, 2.45) is 10.9 Å². The smallest absolute Gasteiger partial charge is 0.323 e. The zero-order chi connectivity index (χ0) is 17.2. The van der Waals surface area contributed by atoms with Crippen LogP contribution < -0.4 is 10.5 Å². The molecule has 0 amide bonds. The third-order valence-electron chi connectivity index (χ3n) is 2.76. The number of amidine groups is 1. The van der Waals surface area contributed by atoms with Gasteiger partial charge < -0.3 is 15.3 Å². The third-order valence-corrected chi connectivity index (χ3v) is 3.47. The van der Waals surface area contributed by atoms with Crippen molar-refractivity contribution in [1.82, 2.24) is 0 Å². The Morgan fingerprint density at radius 1 is 1.13 bits per heavy atom. The lowest BCUT2D eigenvalue weighted by Gasteiger charge is -2.07. The standard InChI is InChI=1S/C8H8Cl2O.C8H8N2O2/c1-5-6(9)3-4-7(10)8(5)11-2;9-8(10-12-6-11)7-4-2-1-3-5-7/h3-4H,1-2H3;1-6H,(H2,9,10). The molecule has 0 bridgehead atoms. The summed E-state index contributed by atoms with van der Waals surface area (Å²) < 4.78 is 5.04. The predicted molar refractivity (Wildman–Crippen MR) is 92.1 cm³/mol. The number of carbonyl (C=O) groups is 1. The van der Waals surface area contributed by atoms with E-state index < -0.39 is 0 Å². The van der Waals surface area contributed by atoms with Crippen LogP contribution in [0.25, 0.3) is 0 Å². The van der Waals surface area contributed by atoms with Crippen molar-refractivity contribution in [3.05, 3.63) is 63.6 Å². The molecule has 122 valence electrons. The molecule has 7 heteroatoms. The van der Waals surface area contributed by atoms with Crippen molar-refractivity contribution in [1.29, 1.82) is 0 Å². The van der Waals surface area contributed by atoms with Crippen molar-refractivity contribution in [3.63, 3.8) is 0 Å². The second-order valence-corrected chi connectivity index (χ2v) is 5.05. The van der Waals surface area contributed by atoms with Gasteiger partial charge in [-0.05, 0) is 19.1 Å². The Bertz CT molecular complexity index is 677. The summed E-state index contributed by atoms with van der Waals surface area (Å²) in [6.45, 7) is 2.09. The molecule has 0 saturated heterocycles. The fourth-order valence-corrected chi connectivity index (χ4v) is 2.06. The molecule has 2 rings (SSSR count). The minimum absolute atomic E-state index is 0.183. The second-order valence-electron chi connectivity index (χ2n) is 4.23. The maximum Gasteiger partial charge on any atom is 0.323 e. The number of benzene rings is 2. The van der Waals surface area contributed by atoms with Gasteiger partial charge in [0, 0.05) is 16.1 Å². The van der Waals surface area contributed by atoms with Crippen molar-refractivity contribution < 1.29 is 14.4 Å². The molecule has 0 spiro atoms. The molecule has 0 unspecified atom stereocenters. The van der Waals surface area contributed by atoms with Gasteiger partial charge in [-0.1, -0.05) is 58.7 Å². The van der Waals surface area contributed by atoms with E-state index in [2.05, 4.69) is 9.99 Å². The number of hydrogen-bond acceptors (Lipinski definition) is 4. The van der Waals surface area contributed by atoms with E-state index in [1.807, 2.05) is 25.1 Å². The normalized spacial score (nSPS) is 10.3. The van der Waals surface area contributed by atoms with Crippen LogP contribution >= 0.6 is 23.2 Å². The molecule has 0 aliphatic rings. The molecule has 0 aromatic heterocycles.